The van der Waals surface area contributed by atoms with Gasteiger partial charge in [0.25, 0.3) is 0 Å². The zero-order valence-corrected chi connectivity index (χ0v) is 10.7. The normalized spacial score (nSPS) is 30.9. The Morgan fingerprint density at radius 3 is 2.88 bits per heavy atom. The number of rotatable bonds is 5. The van der Waals surface area contributed by atoms with E-state index in [1.54, 1.807) is 0 Å². The Morgan fingerprint density at radius 1 is 1.47 bits per heavy atom. The van der Waals surface area contributed by atoms with E-state index >= 15 is 0 Å². The smallest absolute Gasteiger partial charge is 0.188 e. The van der Waals surface area contributed by atoms with E-state index in [4.69, 9.17) is 5.73 Å². The lowest BCUT2D eigenvalue weighted by Crippen LogP contribution is -2.33. The molecular weight excluding hydrogens is 210 g/mol. The Hall–Kier alpha value is -1.25. The third-order valence-corrected chi connectivity index (χ3v) is 3.76. The maximum atomic E-state index is 5.77. The summed E-state index contributed by atoms with van der Waals surface area (Å²) in [5, 5.41) is 3.19. The van der Waals surface area contributed by atoms with Crippen LogP contribution in [0.25, 0.3) is 0 Å². The number of hydrogen-bond donors (Lipinski definition) is 2. The number of aliphatic imine (C=N–C) groups is 1. The highest BCUT2D eigenvalue weighted by Gasteiger charge is 2.34. The number of nitrogens with one attached hydrogen (secondary N) is 1. The third kappa shape index (κ3) is 3.35. The van der Waals surface area contributed by atoms with E-state index < -0.39 is 0 Å². The first-order chi connectivity index (χ1) is 8.15. The quantitative estimate of drug-likeness (QED) is 0.434. The molecule has 0 aromatic carbocycles. The van der Waals surface area contributed by atoms with E-state index in [2.05, 4.69) is 29.0 Å². The van der Waals surface area contributed by atoms with Crippen LogP contribution in [0.15, 0.2) is 29.3 Å². The van der Waals surface area contributed by atoms with Crippen molar-refractivity contribution < 1.29 is 0 Å². The molecule has 2 bridgehead atoms. The van der Waals surface area contributed by atoms with Gasteiger partial charge in [-0.05, 0) is 43.9 Å². The topological polar surface area (TPSA) is 50.4 Å². The summed E-state index contributed by atoms with van der Waals surface area (Å²) in [5.74, 6) is 3.09. The second-order valence-electron chi connectivity index (χ2n) is 5.41. The van der Waals surface area contributed by atoms with Crippen LogP contribution in [-0.4, -0.2) is 19.0 Å². The number of allylic oxidation sites excluding steroid dienone is 2. The van der Waals surface area contributed by atoms with Crippen LogP contribution < -0.4 is 11.1 Å². The van der Waals surface area contributed by atoms with Gasteiger partial charge in [0.1, 0.15) is 0 Å². The van der Waals surface area contributed by atoms with Crippen molar-refractivity contribution in [3.63, 3.8) is 0 Å². The van der Waals surface area contributed by atoms with Crippen molar-refractivity contribution in [1.29, 1.82) is 0 Å². The molecule has 1 saturated carbocycles. The fraction of sp³-hybridized carbons (Fsp3) is 0.643. The van der Waals surface area contributed by atoms with Crippen LogP contribution in [0.2, 0.25) is 0 Å². The van der Waals surface area contributed by atoms with Crippen LogP contribution in [-0.2, 0) is 0 Å². The van der Waals surface area contributed by atoms with Crippen LogP contribution in [0, 0.1) is 17.8 Å². The fourth-order valence-electron chi connectivity index (χ4n) is 2.89. The monoisotopic (exact) mass is 233 g/mol. The van der Waals surface area contributed by atoms with E-state index in [9.17, 15) is 0 Å². The number of nitrogens with two attached hydrogens (primary N) is 1. The molecule has 3 nitrogen and oxygen atoms in total. The number of guanidine groups is 1. The van der Waals surface area contributed by atoms with Crippen LogP contribution in [0.4, 0.5) is 0 Å². The number of nitrogens with zero attached hydrogens (tertiary/aromatic N) is 1. The summed E-state index contributed by atoms with van der Waals surface area (Å²) in [6.07, 6.45) is 8.74. The van der Waals surface area contributed by atoms with Crippen LogP contribution >= 0.6 is 0 Å². The molecule has 1 fully saturated rings. The summed E-state index contributed by atoms with van der Waals surface area (Å²) in [5.41, 5.74) is 6.80. The van der Waals surface area contributed by atoms with Gasteiger partial charge in [-0.2, -0.15) is 0 Å². The molecule has 1 unspecified atom stereocenters. The van der Waals surface area contributed by atoms with E-state index in [0.29, 0.717) is 12.5 Å². The second kappa shape index (κ2) is 5.39. The molecule has 0 saturated heterocycles. The molecule has 0 aliphatic heterocycles. The molecule has 2 rings (SSSR count). The minimum atomic E-state index is 0.548. The average molecular weight is 233 g/mol. The van der Waals surface area contributed by atoms with Gasteiger partial charge in [0.15, 0.2) is 5.96 Å². The lowest BCUT2D eigenvalue weighted by molar-refractivity contribution is 0.415. The van der Waals surface area contributed by atoms with Crippen LogP contribution in [0.3, 0.4) is 0 Å². The van der Waals surface area contributed by atoms with Crippen molar-refractivity contribution in [3.05, 3.63) is 24.3 Å². The zero-order chi connectivity index (χ0) is 12.3. The SMILES string of the molecule is C=C(C)CN=C(N)NCCC1C[C@@H]2C=C[C@H]1C2. The van der Waals surface area contributed by atoms with E-state index in [-0.39, 0.29) is 0 Å². The van der Waals surface area contributed by atoms with Crippen molar-refractivity contribution in [3.8, 4) is 0 Å². The van der Waals surface area contributed by atoms with Gasteiger partial charge < -0.3 is 11.1 Å². The lowest BCUT2D eigenvalue weighted by atomic mass is 9.91. The van der Waals surface area contributed by atoms with E-state index in [1.807, 2.05) is 6.92 Å². The first-order valence-electron chi connectivity index (χ1n) is 6.51. The van der Waals surface area contributed by atoms with Gasteiger partial charge in [-0.3, -0.25) is 0 Å². The highest BCUT2D eigenvalue weighted by atomic mass is 15.1. The minimum absolute atomic E-state index is 0.548. The molecule has 0 aromatic rings. The van der Waals surface area contributed by atoms with Crippen LogP contribution in [0.1, 0.15) is 26.2 Å². The summed E-state index contributed by atoms with van der Waals surface area (Å²) < 4.78 is 0. The summed E-state index contributed by atoms with van der Waals surface area (Å²) in [7, 11) is 0. The maximum Gasteiger partial charge on any atom is 0.188 e. The van der Waals surface area contributed by atoms with Gasteiger partial charge in [-0.15, -0.1) is 0 Å². The standard InChI is InChI=1S/C14H23N3/c1-10(2)9-17-14(15)16-6-5-13-8-11-3-4-12(13)7-11/h3-4,11-13H,1,5-9H2,2H3,(H3,15,16,17)/t11-,12+,13?/m1/s1. The Morgan fingerprint density at radius 2 is 2.29 bits per heavy atom. The molecule has 0 heterocycles. The van der Waals surface area contributed by atoms with E-state index in [0.717, 1.165) is 29.9 Å². The Balaban J connectivity index is 1.65. The van der Waals surface area contributed by atoms with Gasteiger partial charge in [0.05, 0.1) is 6.54 Å². The Labute approximate surface area is 104 Å². The number of fused-ring (bicyclic) bond motifs is 2. The van der Waals surface area contributed by atoms with E-state index in [1.165, 1.54) is 19.3 Å². The van der Waals surface area contributed by atoms with Gasteiger partial charge in [-0.1, -0.05) is 24.3 Å². The van der Waals surface area contributed by atoms with Crippen molar-refractivity contribution in [1.82, 2.24) is 5.32 Å². The second-order valence-corrected chi connectivity index (χ2v) is 5.41. The third-order valence-electron chi connectivity index (χ3n) is 3.76. The largest absolute Gasteiger partial charge is 0.370 e. The maximum absolute atomic E-state index is 5.77. The molecule has 3 atom stereocenters. The predicted molar refractivity (Wildman–Crippen MR) is 72.8 cm³/mol. The summed E-state index contributed by atoms with van der Waals surface area (Å²) in [6, 6.07) is 0. The lowest BCUT2D eigenvalue weighted by Gasteiger charge is -2.18. The molecule has 17 heavy (non-hydrogen) atoms. The molecule has 3 N–H and O–H groups in total. The van der Waals surface area contributed by atoms with Crippen molar-refractivity contribution in [2.45, 2.75) is 26.2 Å². The first-order valence-corrected chi connectivity index (χ1v) is 6.51. The zero-order valence-electron chi connectivity index (χ0n) is 10.7. The van der Waals surface area contributed by atoms with Crippen molar-refractivity contribution in [2.24, 2.45) is 28.5 Å². The van der Waals surface area contributed by atoms with Gasteiger partial charge >= 0.3 is 0 Å². The van der Waals surface area contributed by atoms with Gasteiger partial charge in [0.2, 0.25) is 0 Å². The highest BCUT2D eigenvalue weighted by Crippen LogP contribution is 2.44. The number of hydrogen-bond acceptors (Lipinski definition) is 1. The first kappa shape index (κ1) is 12.2. The fourth-order valence-corrected chi connectivity index (χ4v) is 2.89. The molecule has 2 aliphatic carbocycles. The molecule has 0 amide bonds. The summed E-state index contributed by atoms with van der Waals surface area (Å²) in [6.45, 7) is 7.31. The molecule has 0 spiro atoms. The molecular formula is C14H23N3. The van der Waals surface area contributed by atoms with Crippen molar-refractivity contribution >= 4 is 5.96 Å². The molecule has 94 valence electrons. The Kier molecular flexibility index (Phi) is 3.87. The highest BCUT2D eigenvalue weighted by molar-refractivity contribution is 5.77. The van der Waals surface area contributed by atoms with Crippen molar-refractivity contribution in [2.75, 3.05) is 13.1 Å². The molecule has 0 aromatic heterocycles. The summed E-state index contributed by atoms with van der Waals surface area (Å²) in [4.78, 5) is 4.21. The van der Waals surface area contributed by atoms with Gasteiger partial charge in [0, 0.05) is 6.54 Å². The average Bonchev–Trinajstić information content (AvgIpc) is 2.88. The minimum Gasteiger partial charge on any atom is -0.370 e. The van der Waals surface area contributed by atoms with Crippen LogP contribution in [0.5, 0.6) is 0 Å². The van der Waals surface area contributed by atoms with Gasteiger partial charge in [-0.25, -0.2) is 4.99 Å². The molecule has 3 heteroatoms. The molecule has 2 aliphatic rings. The Bertz CT molecular complexity index is 343. The molecule has 0 radical (unpaired) electrons. The summed E-state index contributed by atoms with van der Waals surface area (Å²) >= 11 is 0. The predicted octanol–water partition coefficient (Wildman–Crippen LogP) is 2.07.